The molecule has 0 amide bonds. The minimum absolute atomic E-state index is 0.256. The van der Waals surface area contributed by atoms with Gasteiger partial charge in [0.1, 0.15) is 4.47 Å². The minimum atomic E-state index is -0.256. The molecule has 90 valence electrons. The van der Waals surface area contributed by atoms with Crippen molar-refractivity contribution in [3.63, 3.8) is 0 Å². The van der Waals surface area contributed by atoms with E-state index >= 15 is 0 Å². The number of aromatic nitrogens is 4. The molecule has 6 nitrogen and oxygen atoms in total. The third-order valence-corrected chi connectivity index (χ3v) is 3.06. The van der Waals surface area contributed by atoms with Crippen LogP contribution in [0.25, 0.3) is 5.82 Å². The number of nitrogens with one attached hydrogen (secondary N) is 1. The molecule has 2 aromatic heterocycles. The molecule has 2 heterocycles. The van der Waals surface area contributed by atoms with E-state index in [1.165, 1.54) is 4.68 Å². The lowest BCUT2D eigenvalue weighted by Crippen LogP contribution is -2.16. The van der Waals surface area contributed by atoms with Crippen LogP contribution in [0.2, 0.25) is 5.15 Å². The molecule has 0 aliphatic carbocycles. The number of H-pyrrole nitrogens is 1. The Kier molecular flexibility index (Phi) is 3.60. The fourth-order valence-electron chi connectivity index (χ4n) is 1.29. The molecule has 2 aromatic rings. The maximum atomic E-state index is 11.9. The van der Waals surface area contributed by atoms with Crippen LogP contribution >= 0.6 is 27.5 Å². The molecule has 0 saturated carbocycles. The zero-order valence-electron chi connectivity index (χ0n) is 8.78. The second-order valence-corrected chi connectivity index (χ2v) is 4.37. The normalized spacial score (nSPS) is 10.8. The topological polar surface area (TPSA) is 72.8 Å². The van der Waals surface area contributed by atoms with Crippen molar-refractivity contribution in [2.45, 2.75) is 6.61 Å². The van der Waals surface area contributed by atoms with Gasteiger partial charge in [0.15, 0.2) is 11.0 Å². The van der Waals surface area contributed by atoms with E-state index in [9.17, 15) is 4.79 Å². The largest absolute Gasteiger partial charge is 0.378 e. The van der Waals surface area contributed by atoms with E-state index in [4.69, 9.17) is 16.3 Å². The first-order valence-corrected chi connectivity index (χ1v) is 5.78. The van der Waals surface area contributed by atoms with Crippen molar-refractivity contribution in [3.8, 4) is 5.82 Å². The van der Waals surface area contributed by atoms with Gasteiger partial charge in [0.2, 0.25) is 0 Å². The number of nitrogens with zero attached hydrogens (tertiary/aromatic N) is 3. The Balaban J connectivity index is 2.49. The van der Waals surface area contributed by atoms with E-state index in [0.717, 1.165) is 0 Å². The highest BCUT2D eigenvalue weighted by atomic mass is 79.9. The molecule has 0 aromatic carbocycles. The number of hydrogen-bond donors (Lipinski definition) is 1. The predicted octanol–water partition coefficient (Wildman–Crippen LogP) is 1.52. The summed E-state index contributed by atoms with van der Waals surface area (Å²) < 4.78 is 6.64. The Morgan fingerprint density at radius 2 is 2.29 bits per heavy atom. The number of hydrogen-bond acceptors (Lipinski definition) is 4. The summed E-state index contributed by atoms with van der Waals surface area (Å²) in [6.07, 6.45) is 0. The minimum Gasteiger partial charge on any atom is -0.378 e. The van der Waals surface area contributed by atoms with Gasteiger partial charge < -0.3 is 4.74 Å². The second-order valence-electron chi connectivity index (χ2n) is 3.19. The van der Waals surface area contributed by atoms with Gasteiger partial charge in [-0.2, -0.15) is 4.68 Å². The first kappa shape index (κ1) is 12.3. The molecule has 0 atom stereocenters. The molecular weight excluding hydrogens is 311 g/mol. The molecule has 8 heteroatoms. The molecule has 0 aliphatic rings. The summed E-state index contributed by atoms with van der Waals surface area (Å²) in [7, 11) is 1.55. The molecule has 0 saturated heterocycles. The highest BCUT2D eigenvalue weighted by Crippen LogP contribution is 2.12. The first-order valence-electron chi connectivity index (χ1n) is 4.61. The standard InChI is InChI=1S/C9H8BrClN4O2/c1-17-4-5-8(10)9(16)15(14-5)7-3-2-6(11)12-13-7/h2-3,14H,4H2,1H3. The Morgan fingerprint density at radius 1 is 1.53 bits per heavy atom. The number of ether oxygens (including phenoxy) is 1. The predicted molar refractivity (Wildman–Crippen MR) is 65.4 cm³/mol. The average molecular weight is 320 g/mol. The second kappa shape index (κ2) is 4.99. The Morgan fingerprint density at radius 3 is 2.88 bits per heavy atom. The Labute approximate surface area is 110 Å². The molecule has 2 rings (SSSR count). The van der Waals surface area contributed by atoms with Crippen molar-refractivity contribution >= 4 is 27.5 Å². The highest BCUT2D eigenvalue weighted by Gasteiger charge is 2.13. The van der Waals surface area contributed by atoms with Gasteiger partial charge >= 0.3 is 0 Å². The van der Waals surface area contributed by atoms with Gasteiger partial charge in [-0.25, -0.2) is 0 Å². The number of halogens is 2. The van der Waals surface area contributed by atoms with Crippen LogP contribution in [0.4, 0.5) is 0 Å². The van der Waals surface area contributed by atoms with Crippen molar-refractivity contribution in [2.75, 3.05) is 7.11 Å². The van der Waals surface area contributed by atoms with E-state index < -0.39 is 0 Å². The zero-order chi connectivity index (χ0) is 12.4. The average Bonchev–Trinajstić information content (AvgIpc) is 2.59. The van der Waals surface area contributed by atoms with Crippen LogP contribution in [-0.4, -0.2) is 27.1 Å². The lowest BCUT2D eigenvalue weighted by atomic mass is 10.5. The van der Waals surface area contributed by atoms with Gasteiger partial charge in [0, 0.05) is 7.11 Å². The summed E-state index contributed by atoms with van der Waals surface area (Å²) >= 11 is 8.82. The van der Waals surface area contributed by atoms with Crippen molar-refractivity contribution in [1.82, 2.24) is 20.0 Å². The molecule has 0 spiro atoms. The monoisotopic (exact) mass is 318 g/mol. The molecule has 0 aliphatic heterocycles. The molecule has 17 heavy (non-hydrogen) atoms. The smallest absolute Gasteiger partial charge is 0.287 e. The first-order chi connectivity index (χ1) is 8.13. The van der Waals surface area contributed by atoms with Gasteiger partial charge in [0.25, 0.3) is 5.56 Å². The fourth-order valence-corrected chi connectivity index (χ4v) is 1.77. The number of rotatable bonds is 3. The third kappa shape index (κ3) is 2.41. The van der Waals surface area contributed by atoms with Crippen LogP contribution in [0.3, 0.4) is 0 Å². The molecular formula is C9H8BrClN4O2. The van der Waals surface area contributed by atoms with Gasteiger partial charge in [-0.15, -0.1) is 10.2 Å². The lowest BCUT2D eigenvalue weighted by Gasteiger charge is -1.99. The van der Waals surface area contributed by atoms with Crippen LogP contribution in [0, 0.1) is 0 Å². The lowest BCUT2D eigenvalue weighted by molar-refractivity contribution is 0.180. The van der Waals surface area contributed by atoms with E-state index in [2.05, 4.69) is 31.2 Å². The van der Waals surface area contributed by atoms with E-state index in [1.54, 1.807) is 19.2 Å². The molecule has 0 unspecified atom stereocenters. The van der Waals surface area contributed by atoms with E-state index in [1.807, 2.05) is 0 Å². The van der Waals surface area contributed by atoms with Crippen molar-refractivity contribution in [3.05, 3.63) is 37.8 Å². The molecule has 0 radical (unpaired) electrons. The summed E-state index contributed by atoms with van der Waals surface area (Å²) in [4.78, 5) is 11.9. The summed E-state index contributed by atoms with van der Waals surface area (Å²) in [5, 5.41) is 10.6. The molecule has 1 N–H and O–H groups in total. The Bertz CT molecular complexity index is 578. The van der Waals surface area contributed by atoms with Crippen LogP contribution in [-0.2, 0) is 11.3 Å². The van der Waals surface area contributed by atoms with Gasteiger partial charge in [-0.1, -0.05) is 11.6 Å². The maximum Gasteiger partial charge on any atom is 0.287 e. The zero-order valence-corrected chi connectivity index (χ0v) is 11.1. The Hall–Kier alpha value is -1.18. The van der Waals surface area contributed by atoms with Gasteiger partial charge in [-0.05, 0) is 28.1 Å². The van der Waals surface area contributed by atoms with Crippen LogP contribution in [0.5, 0.6) is 0 Å². The maximum absolute atomic E-state index is 11.9. The van der Waals surface area contributed by atoms with Crippen LogP contribution in [0.15, 0.2) is 21.4 Å². The molecule has 0 fully saturated rings. The summed E-state index contributed by atoms with van der Waals surface area (Å²) in [5.41, 5.74) is 0.378. The summed E-state index contributed by atoms with van der Waals surface area (Å²) in [6, 6.07) is 3.15. The van der Waals surface area contributed by atoms with Crippen molar-refractivity contribution in [1.29, 1.82) is 0 Å². The summed E-state index contributed by atoms with van der Waals surface area (Å²) in [6.45, 7) is 0.295. The number of methoxy groups -OCH3 is 1. The van der Waals surface area contributed by atoms with Gasteiger partial charge in [0.05, 0.1) is 12.3 Å². The van der Waals surface area contributed by atoms with Crippen molar-refractivity contribution in [2.24, 2.45) is 0 Å². The van der Waals surface area contributed by atoms with Crippen LogP contribution < -0.4 is 5.56 Å². The van der Waals surface area contributed by atoms with E-state index in [-0.39, 0.29) is 10.7 Å². The SMILES string of the molecule is COCc1[nH]n(-c2ccc(Cl)nn2)c(=O)c1Br. The van der Waals surface area contributed by atoms with Gasteiger partial charge in [-0.3, -0.25) is 9.89 Å². The highest BCUT2D eigenvalue weighted by molar-refractivity contribution is 9.10. The molecule has 0 bridgehead atoms. The third-order valence-electron chi connectivity index (χ3n) is 2.04. The quantitative estimate of drug-likeness (QED) is 0.931. The number of aromatic amines is 1. The van der Waals surface area contributed by atoms with Crippen LogP contribution in [0.1, 0.15) is 5.69 Å². The van der Waals surface area contributed by atoms with E-state index in [0.29, 0.717) is 22.6 Å². The summed E-state index contributed by atoms with van der Waals surface area (Å²) in [5.74, 6) is 0.363. The van der Waals surface area contributed by atoms with Crippen molar-refractivity contribution < 1.29 is 4.74 Å². The fraction of sp³-hybridized carbons (Fsp3) is 0.222.